The van der Waals surface area contributed by atoms with Crippen LogP contribution in [0.25, 0.3) is 0 Å². The summed E-state index contributed by atoms with van der Waals surface area (Å²) >= 11 is 0. The van der Waals surface area contributed by atoms with E-state index in [0.29, 0.717) is 24.6 Å². The quantitative estimate of drug-likeness (QED) is 0.781. The molecule has 5 nitrogen and oxygen atoms in total. The van der Waals surface area contributed by atoms with Crippen LogP contribution in [0.4, 0.5) is 4.79 Å². The van der Waals surface area contributed by atoms with Crippen molar-refractivity contribution in [1.29, 1.82) is 0 Å². The Morgan fingerprint density at radius 3 is 2.50 bits per heavy atom. The molecule has 24 heavy (non-hydrogen) atoms. The van der Waals surface area contributed by atoms with Crippen LogP contribution in [0.2, 0.25) is 0 Å². The molecule has 0 atom stereocenters. The van der Waals surface area contributed by atoms with Gasteiger partial charge < -0.3 is 15.4 Å². The molecule has 0 radical (unpaired) electrons. The fourth-order valence-corrected chi connectivity index (χ4v) is 2.88. The number of nitrogens with one attached hydrogen (secondary N) is 2. The number of benzene rings is 1. The minimum absolute atomic E-state index is 0.221. The molecule has 1 saturated carbocycles. The maximum atomic E-state index is 11.9. The molecular weight excluding hydrogens is 304 g/mol. The number of allylic oxidation sites excluding steroid dienone is 1. The molecule has 2 rings (SSSR count). The van der Waals surface area contributed by atoms with Crippen molar-refractivity contribution in [2.75, 3.05) is 6.61 Å². The summed E-state index contributed by atoms with van der Waals surface area (Å²) in [6, 6.07) is 6.81. The first-order valence-corrected chi connectivity index (χ1v) is 8.57. The summed E-state index contributed by atoms with van der Waals surface area (Å²) in [4.78, 5) is 23.4. The molecule has 0 unspecified atom stereocenters. The molecule has 1 aliphatic carbocycles. The number of ether oxygens (including phenoxy) is 1. The van der Waals surface area contributed by atoms with Gasteiger partial charge in [0.2, 0.25) is 0 Å². The highest BCUT2D eigenvalue weighted by atomic mass is 16.5. The van der Waals surface area contributed by atoms with Gasteiger partial charge in [-0.3, -0.25) is 0 Å². The van der Waals surface area contributed by atoms with Crippen molar-refractivity contribution in [1.82, 2.24) is 10.6 Å². The van der Waals surface area contributed by atoms with E-state index in [9.17, 15) is 9.59 Å². The van der Waals surface area contributed by atoms with Crippen molar-refractivity contribution in [3.63, 3.8) is 0 Å². The maximum absolute atomic E-state index is 11.9. The summed E-state index contributed by atoms with van der Waals surface area (Å²) in [6.45, 7) is 4.61. The first-order valence-electron chi connectivity index (χ1n) is 8.57. The number of urea groups is 1. The van der Waals surface area contributed by atoms with Crippen LogP contribution in [0.1, 0.15) is 55.5 Å². The Balaban J connectivity index is 1.77. The first-order chi connectivity index (χ1) is 11.6. The number of carbonyl (C=O) groups excluding carboxylic acids is 2. The number of amides is 2. The van der Waals surface area contributed by atoms with Gasteiger partial charge >= 0.3 is 12.0 Å². The van der Waals surface area contributed by atoms with Crippen LogP contribution >= 0.6 is 0 Å². The van der Waals surface area contributed by atoms with Crippen molar-refractivity contribution in [2.24, 2.45) is 5.92 Å². The van der Waals surface area contributed by atoms with Crippen LogP contribution in [0.3, 0.4) is 0 Å². The van der Waals surface area contributed by atoms with Gasteiger partial charge in [0.25, 0.3) is 0 Å². The Bertz CT molecular complexity index is 587. The molecule has 0 saturated heterocycles. The molecule has 1 fully saturated rings. The van der Waals surface area contributed by atoms with E-state index in [1.807, 2.05) is 18.3 Å². The molecule has 0 aromatic heterocycles. The van der Waals surface area contributed by atoms with Gasteiger partial charge in [-0.25, -0.2) is 9.59 Å². The second-order valence-corrected chi connectivity index (χ2v) is 6.11. The molecule has 5 heteroatoms. The van der Waals surface area contributed by atoms with Crippen LogP contribution in [-0.2, 0) is 11.3 Å². The predicted octanol–water partition coefficient (Wildman–Crippen LogP) is 3.76. The van der Waals surface area contributed by atoms with E-state index in [4.69, 9.17) is 4.74 Å². The number of rotatable bonds is 6. The van der Waals surface area contributed by atoms with Gasteiger partial charge in [0, 0.05) is 12.7 Å². The Kier molecular flexibility index (Phi) is 6.85. The fraction of sp³-hybridized carbons (Fsp3) is 0.474. The van der Waals surface area contributed by atoms with Crippen LogP contribution in [0.15, 0.2) is 36.0 Å². The highest BCUT2D eigenvalue weighted by molar-refractivity contribution is 5.89. The predicted molar refractivity (Wildman–Crippen MR) is 93.5 cm³/mol. The second kappa shape index (κ2) is 9.11. The molecule has 2 amide bonds. The molecule has 0 heterocycles. The van der Waals surface area contributed by atoms with E-state index in [2.05, 4.69) is 17.6 Å². The van der Waals surface area contributed by atoms with Crippen LogP contribution < -0.4 is 10.6 Å². The third-order valence-corrected chi connectivity index (χ3v) is 4.35. The Morgan fingerprint density at radius 1 is 1.21 bits per heavy atom. The molecule has 0 aliphatic heterocycles. The van der Waals surface area contributed by atoms with Gasteiger partial charge in [0.1, 0.15) is 0 Å². The van der Waals surface area contributed by atoms with Gasteiger partial charge in [0.15, 0.2) is 0 Å². The summed E-state index contributed by atoms with van der Waals surface area (Å²) in [5.41, 5.74) is 2.68. The number of hydrogen-bond acceptors (Lipinski definition) is 3. The zero-order valence-electron chi connectivity index (χ0n) is 14.4. The molecule has 1 aromatic carbocycles. The smallest absolute Gasteiger partial charge is 0.338 e. The lowest BCUT2D eigenvalue weighted by atomic mass is 10.0. The molecule has 0 spiro atoms. The lowest BCUT2D eigenvalue weighted by Gasteiger charge is -2.10. The number of carbonyl (C=O) groups is 2. The lowest BCUT2D eigenvalue weighted by molar-refractivity contribution is 0.0526. The van der Waals surface area contributed by atoms with Crippen molar-refractivity contribution >= 4 is 12.0 Å². The first kappa shape index (κ1) is 18.0. The zero-order valence-corrected chi connectivity index (χ0v) is 14.4. The van der Waals surface area contributed by atoms with E-state index in [-0.39, 0.29) is 12.0 Å². The summed E-state index contributed by atoms with van der Waals surface area (Å²) in [5, 5.41) is 5.60. The van der Waals surface area contributed by atoms with Crippen molar-refractivity contribution in [3.05, 3.63) is 47.2 Å². The summed E-state index contributed by atoms with van der Waals surface area (Å²) in [6.07, 6.45) is 6.82. The topological polar surface area (TPSA) is 67.4 Å². The van der Waals surface area contributed by atoms with E-state index < -0.39 is 0 Å². The minimum Gasteiger partial charge on any atom is -0.462 e. The second-order valence-electron chi connectivity index (χ2n) is 6.11. The number of esters is 1. The molecule has 1 aliphatic rings. The molecular formula is C19H26N2O3. The standard InChI is InChI=1S/C19H26N2O3/c1-3-24-18(22)17-10-8-15(9-11-17)13-21-19(23)20-12-14(2)16-6-4-5-7-16/h8-12,16H,3-7,13H2,1-2H3,(H2,20,21,23)/b14-12+. The van der Waals surface area contributed by atoms with Crippen molar-refractivity contribution in [3.8, 4) is 0 Å². The Morgan fingerprint density at radius 2 is 1.88 bits per heavy atom. The normalized spacial score (nSPS) is 15.2. The minimum atomic E-state index is -0.331. The summed E-state index contributed by atoms with van der Waals surface area (Å²) in [5.74, 6) is 0.281. The van der Waals surface area contributed by atoms with Gasteiger partial charge in [-0.05, 0) is 50.3 Å². The average Bonchev–Trinajstić information content (AvgIpc) is 3.13. The van der Waals surface area contributed by atoms with E-state index in [1.54, 1.807) is 19.1 Å². The third kappa shape index (κ3) is 5.41. The third-order valence-electron chi connectivity index (χ3n) is 4.35. The Labute approximate surface area is 143 Å². The number of hydrogen-bond donors (Lipinski definition) is 2. The van der Waals surface area contributed by atoms with Crippen molar-refractivity contribution in [2.45, 2.75) is 46.1 Å². The van der Waals surface area contributed by atoms with Crippen LogP contribution in [-0.4, -0.2) is 18.6 Å². The van der Waals surface area contributed by atoms with E-state index >= 15 is 0 Å². The fourth-order valence-electron chi connectivity index (χ4n) is 2.88. The highest BCUT2D eigenvalue weighted by Gasteiger charge is 2.16. The lowest BCUT2D eigenvalue weighted by Crippen LogP contribution is -2.32. The van der Waals surface area contributed by atoms with Crippen molar-refractivity contribution < 1.29 is 14.3 Å². The van der Waals surface area contributed by atoms with Gasteiger partial charge in [-0.15, -0.1) is 0 Å². The van der Waals surface area contributed by atoms with Gasteiger partial charge in [-0.1, -0.05) is 30.5 Å². The van der Waals surface area contributed by atoms with Gasteiger partial charge in [0.05, 0.1) is 12.2 Å². The van der Waals surface area contributed by atoms with Crippen LogP contribution in [0, 0.1) is 5.92 Å². The SMILES string of the molecule is CCOC(=O)c1ccc(CNC(=O)N/C=C(\C)C2CCCC2)cc1. The highest BCUT2D eigenvalue weighted by Crippen LogP contribution is 2.30. The van der Waals surface area contributed by atoms with E-state index in [0.717, 1.165) is 5.56 Å². The molecule has 2 N–H and O–H groups in total. The summed E-state index contributed by atoms with van der Waals surface area (Å²) in [7, 11) is 0. The molecule has 130 valence electrons. The molecule has 1 aromatic rings. The maximum Gasteiger partial charge on any atom is 0.338 e. The summed E-state index contributed by atoms with van der Waals surface area (Å²) < 4.78 is 4.94. The molecule has 0 bridgehead atoms. The van der Waals surface area contributed by atoms with Gasteiger partial charge in [-0.2, -0.15) is 0 Å². The van der Waals surface area contributed by atoms with E-state index in [1.165, 1.54) is 31.3 Å². The zero-order chi connectivity index (χ0) is 17.4. The average molecular weight is 330 g/mol. The Hall–Kier alpha value is -2.30. The monoisotopic (exact) mass is 330 g/mol. The van der Waals surface area contributed by atoms with Crippen LogP contribution in [0.5, 0.6) is 0 Å². The largest absolute Gasteiger partial charge is 0.462 e.